The first-order valence-corrected chi connectivity index (χ1v) is 3.71. The van der Waals surface area contributed by atoms with Gasteiger partial charge in [-0.05, 0) is 12.1 Å². The number of hydrogen-bond donors (Lipinski definition) is 0. The van der Waals surface area contributed by atoms with Gasteiger partial charge in [-0.15, -0.1) is 0 Å². The summed E-state index contributed by atoms with van der Waals surface area (Å²) in [5, 5.41) is 0. The van der Waals surface area contributed by atoms with Crippen LogP contribution in [0.2, 0.25) is 0 Å². The molecule has 0 aliphatic rings. The van der Waals surface area contributed by atoms with Gasteiger partial charge in [0, 0.05) is 6.20 Å². The largest absolute Gasteiger partial charge is 0.421 e. The summed E-state index contributed by atoms with van der Waals surface area (Å²) in [7, 11) is 0. The van der Waals surface area contributed by atoms with E-state index in [2.05, 4.69) is 4.98 Å². The summed E-state index contributed by atoms with van der Waals surface area (Å²) in [4.78, 5) is 25.3. The van der Waals surface area contributed by atoms with E-state index < -0.39 is 5.76 Å². The van der Waals surface area contributed by atoms with Crippen molar-refractivity contribution in [1.29, 1.82) is 0 Å². The second-order valence-electron chi connectivity index (χ2n) is 2.47. The smallest absolute Gasteiger partial charge is 0.406 e. The van der Waals surface area contributed by atoms with Gasteiger partial charge in [0.2, 0.25) is 0 Å². The molecule has 0 atom stereocenters. The lowest BCUT2D eigenvalue weighted by Crippen LogP contribution is -2.15. The van der Waals surface area contributed by atoms with E-state index in [4.69, 9.17) is 4.42 Å². The molecule has 0 bridgehead atoms. The summed E-state index contributed by atoms with van der Waals surface area (Å²) in [6.07, 6.45) is 2.17. The number of carbonyl (C=O) groups is 1. The van der Waals surface area contributed by atoms with Crippen LogP contribution in [-0.4, -0.2) is 15.8 Å². The van der Waals surface area contributed by atoms with Gasteiger partial charge in [0.15, 0.2) is 11.2 Å². The third-order valence-electron chi connectivity index (χ3n) is 1.68. The summed E-state index contributed by atoms with van der Waals surface area (Å²) < 4.78 is 6.02. The minimum absolute atomic E-state index is 0.0250. The number of aldehydes is 1. The van der Waals surface area contributed by atoms with Crippen LogP contribution in [0.4, 0.5) is 0 Å². The molecule has 0 aliphatic heterocycles. The number of oxazole rings is 1. The minimum atomic E-state index is -0.555. The van der Waals surface area contributed by atoms with E-state index >= 15 is 0 Å². The minimum Gasteiger partial charge on any atom is -0.406 e. The molecule has 0 spiro atoms. The molecular formula is C8H6N2O3. The highest BCUT2D eigenvalue weighted by atomic mass is 16.4. The highest BCUT2D eigenvalue weighted by molar-refractivity contribution is 5.68. The van der Waals surface area contributed by atoms with Gasteiger partial charge in [-0.3, -0.25) is 4.57 Å². The first kappa shape index (κ1) is 7.72. The number of pyridine rings is 1. The fraction of sp³-hybridized carbons (Fsp3) is 0.125. The number of rotatable bonds is 2. The maximum atomic E-state index is 11.1. The Labute approximate surface area is 72.6 Å². The van der Waals surface area contributed by atoms with Crippen molar-refractivity contribution in [1.82, 2.24) is 9.55 Å². The molecule has 2 aromatic heterocycles. The normalized spacial score (nSPS) is 10.5. The quantitative estimate of drug-likeness (QED) is 0.615. The van der Waals surface area contributed by atoms with Crippen LogP contribution in [0.1, 0.15) is 0 Å². The molecule has 13 heavy (non-hydrogen) atoms. The average molecular weight is 178 g/mol. The van der Waals surface area contributed by atoms with Gasteiger partial charge < -0.3 is 9.21 Å². The number of fused-ring (bicyclic) bond motifs is 1. The van der Waals surface area contributed by atoms with Crippen molar-refractivity contribution in [2.45, 2.75) is 6.54 Å². The lowest BCUT2D eigenvalue weighted by molar-refractivity contribution is -0.108. The summed E-state index contributed by atoms with van der Waals surface area (Å²) in [6.45, 7) is -0.0250. The third-order valence-corrected chi connectivity index (χ3v) is 1.68. The molecule has 5 nitrogen and oxygen atoms in total. The number of carbonyl (C=O) groups excluding carboxylic acids is 1. The molecule has 5 heteroatoms. The van der Waals surface area contributed by atoms with Crippen molar-refractivity contribution < 1.29 is 9.21 Å². The fourth-order valence-corrected chi connectivity index (χ4v) is 1.14. The van der Waals surface area contributed by atoms with Crippen molar-refractivity contribution in [3.05, 3.63) is 28.9 Å². The first-order chi connectivity index (χ1) is 6.33. The maximum absolute atomic E-state index is 11.1. The van der Waals surface area contributed by atoms with Gasteiger partial charge in [-0.25, -0.2) is 9.78 Å². The van der Waals surface area contributed by atoms with Gasteiger partial charge in [0.1, 0.15) is 6.29 Å². The second-order valence-corrected chi connectivity index (χ2v) is 2.47. The SMILES string of the molecule is O=CCn1c(=O)oc2cccnc21. The van der Waals surface area contributed by atoms with Crippen molar-refractivity contribution in [3.8, 4) is 0 Å². The lowest BCUT2D eigenvalue weighted by Gasteiger charge is -1.91. The van der Waals surface area contributed by atoms with Crippen LogP contribution in [0.15, 0.2) is 27.5 Å². The van der Waals surface area contributed by atoms with Crippen LogP contribution >= 0.6 is 0 Å². The molecule has 0 radical (unpaired) electrons. The molecule has 0 unspecified atom stereocenters. The van der Waals surface area contributed by atoms with Gasteiger partial charge in [0.25, 0.3) is 0 Å². The number of nitrogens with zero attached hydrogens (tertiary/aromatic N) is 2. The molecule has 0 aromatic carbocycles. The van der Waals surface area contributed by atoms with E-state index in [1.54, 1.807) is 18.3 Å². The Hall–Kier alpha value is -1.91. The molecule has 2 rings (SSSR count). The molecule has 0 saturated carbocycles. The number of hydrogen-bond acceptors (Lipinski definition) is 4. The Bertz CT molecular complexity index is 497. The van der Waals surface area contributed by atoms with Gasteiger partial charge in [0.05, 0.1) is 6.54 Å². The molecule has 0 amide bonds. The van der Waals surface area contributed by atoms with Crippen LogP contribution < -0.4 is 5.76 Å². The zero-order chi connectivity index (χ0) is 9.26. The monoisotopic (exact) mass is 178 g/mol. The highest BCUT2D eigenvalue weighted by Crippen LogP contribution is 2.07. The maximum Gasteiger partial charge on any atom is 0.421 e. The first-order valence-electron chi connectivity index (χ1n) is 3.71. The Morgan fingerprint density at radius 3 is 3.23 bits per heavy atom. The molecule has 66 valence electrons. The van der Waals surface area contributed by atoms with E-state index in [1.807, 2.05) is 0 Å². The Morgan fingerprint density at radius 2 is 2.46 bits per heavy atom. The van der Waals surface area contributed by atoms with Crippen LogP contribution in [-0.2, 0) is 11.3 Å². The van der Waals surface area contributed by atoms with E-state index in [0.717, 1.165) is 0 Å². The fourth-order valence-electron chi connectivity index (χ4n) is 1.14. The standard InChI is InChI=1S/C8H6N2O3/c11-5-4-10-7-6(13-8(10)12)2-1-3-9-7/h1-3,5H,4H2. The number of aromatic nitrogens is 2. The lowest BCUT2D eigenvalue weighted by atomic mass is 10.4. The van der Waals surface area contributed by atoms with Gasteiger partial charge in [-0.2, -0.15) is 0 Å². The van der Waals surface area contributed by atoms with Crippen molar-refractivity contribution in [2.75, 3.05) is 0 Å². The van der Waals surface area contributed by atoms with E-state index in [1.165, 1.54) is 4.57 Å². The molecule has 2 heterocycles. The molecule has 0 fully saturated rings. The molecule has 0 aliphatic carbocycles. The van der Waals surface area contributed by atoms with Gasteiger partial charge >= 0.3 is 5.76 Å². The highest BCUT2D eigenvalue weighted by Gasteiger charge is 2.07. The summed E-state index contributed by atoms with van der Waals surface area (Å²) in [5.41, 5.74) is 0.800. The summed E-state index contributed by atoms with van der Waals surface area (Å²) in [6, 6.07) is 3.29. The average Bonchev–Trinajstić information content (AvgIpc) is 2.44. The summed E-state index contributed by atoms with van der Waals surface area (Å²) in [5.74, 6) is -0.555. The second kappa shape index (κ2) is 2.85. The summed E-state index contributed by atoms with van der Waals surface area (Å²) >= 11 is 0. The van der Waals surface area contributed by atoms with Crippen molar-refractivity contribution >= 4 is 17.5 Å². The Kier molecular flexibility index (Phi) is 1.70. The zero-order valence-electron chi connectivity index (χ0n) is 6.64. The molecule has 0 N–H and O–H groups in total. The predicted octanol–water partition coefficient (Wildman–Crippen LogP) is 0.188. The Morgan fingerprint density at radius 1 is 1.62 bits per heavy atom. The topological polar surface area (TPSA) is 65.1 Å². The van der Waals surface area contributed by atoms with Crippen molar-refractivity contribution in [2.24, 2.45) is 0 Å². The van der Waals surface area contributed by atoms with Crippen LogP contribution in [0.5, 0.6) is 0 Å². The predicted molar refractivity (Wildman–Crippen MR) is 44.3 cm³/mol. The van der Waals surface area contributed by atoms with Crippen molar-refractivity contribution in [3.63, 3.8) is 0 Å². The molecular weight excluding hydrogens is 172 g/mol. The zero-order valence-corrected chi connectivity index (χ0v) is 6.64. The molecule has 0 saturated heterocycles. The van der Waals surface area contributed by atoms with Crippen LogP contribution in [0.3, 0.4) is 0 Å². The Balaban J connectivity index is 2.78. The van der Waals surface area contributed by atoms with Crippen LogP contribution in [0, 0.1) is 0 Å². The third kappa shape index (κ3) is 1.14. The van der Waals surface area contributed by atoms with E-state index in [0.29, 0.717) is 17.5 Å². The van der Waals surface area contributed by atoms with Crippen LogP contribution in [0.25, 0.3) is 11.2 Å². The molecule has 2 aromatic rings. The van der Waals surface area contributed by atoms with Gasteiger partial charge in [-0.1, -0.05) is 0 Å². The van der Waals surface area contributed by atoms with E-state index in [-0.39, 0.29) is 6.54 Å². The van der Waals surface area contributed by atoms with E-state index in [9.17, 15) is 9.59 Å².